The van der Waals surface area contributed by atoms with E-state index in [9.17, 15) is 9.59 Å². The van der Waals surface area contributed by atoms with Gasteiger partial charge in [0.15, 0.2) is 18.1 Å². The van der Waals surface area contributed by atoms with Gasteiger partial charge >= 0.3 is 5.97 Å². The minimum Gasteiger partial charge on any atom is -0.496 e. The maximum atomic E-state index is 12.8. The van der Waals surface area contributed by atoms with Gasteiger partial charge in [-0.15, -0.1) is 0 Å². The molecule has 0 unspecified atom stereocenters. The zero-order chi connectivity index (χ0) is 20.7. The third kappa shape index (κ3) is 5.16. The van der Waals surface area contributed by atoms with Gasteiger partial charge in [0.1, 0.15) is 5.75 Å². The molecule has 150 valence electrons. The Labute approximate surface area is 164 Å². The van der Waals surface area contributed by atoms with Crippen LogP contribution in [0.2, 0.25) is 0 Å². The molecule has 0 spiro atoms. The molecule has 0 radical (unpaired) electrons. The lowest BCUT2D eigenvalue weighted by Gasteiger charge is -2.28. The second kappa shape index (κ2) is 9.12. The number of benzene rings is 2. The van der Waals surface area contributed by atoms with Crippen molar-refractivity contribution in [1.82, 2.24) is 5.32 Å². The van der Waals surface area contributed by atoms with E-state index < -0.39 is 18.1 Å². The highest BCUT2D eigenvalue weighted by Crippen LogP contribution is 2.31. The highest BCUT2D eigenvalue weighted by atomic mass is 16.5. The highest BCUT2D eigenvalue weighted by molar-refractivity contribution is 5.95. The summed E-state index contributed by atoms with van der Waals surface area (Å²) in [4.78, 5) is 23.5. The Balaban J connectivity index is 2.25. The second-order valence-corrected chi connectivity index (χ2v) is 6.56. The first-order valence-electron chi connectivity index (χ1n) is 8.86. The predicted molar refractivity (Wildman–Crippen MR) is 104 cm³/mol. The summed E-state index contributed by atoms with van der Waals surface area (Å²) in [5.41, 5.74) is 0.528. The SMILES string of the molecule is CCOc1cc(C(=O)NC(C)(C)c2ccccc2OC)ccc1OCC(=O)O. The summed E-state index contributed by atoms with van der Waals surface area (Å²) in [7, 11) is 1.58. The molecule has 0 fully saturated rings. The van der Waals surface area contributed by atoms with Crippen LogP contribution < -0.4 is 19.5 Å². The molecule has 2 aromatic carbocycles. The van der Waals surface area contributed by atoms with Crippen LogP contribution in [0.1, 0.15) is 36.7 Å². The molecule has 0 atom stereocenters. The molecule has 0 aliphatic carbocycles. The maximum Gasteiger partial charge on any atom is 0.341 e. The number of nitrogens with one attached hydrogen (secondary N) is 1. The smallest absolute Gasteiger partial charge is 0.341 e. The topological polar surface area (TPSA) is 94.1 Å². The number of hydrogen-bond donors (Lipinski definition) is 2. The number of carbonyl (C=O) groups is 2. The average Bonchev–Trinajstić information content (AvgIpc) is 2.66. The number of rotatable bonds is 9. The Morgan fingerprint density at radius 2 is 1.75 bits per heavy atom. The zero-order valence-electron chi connectivity index (χ0n) is 16.4. The number of para-hydroxylation sites is 1. The third-order valence-corrected chi connectivity index (χ3v) is 4.06. The van der Waals surface area contributed by atoms with E-state index in [-0.39, 0.29) is 11.7 Å². The summed E-state index contributed by atoms with van der Waals surface area (Å²) in [5, 5.41) is 11.8. The maximum absolute atomic E-state index is 12.8. The number of ether oxygens (including phenoxy) is 3. The van der Waals surface area contributed by atoms with E-state index in [4.69, 9.17) is 19.3 Å². The molecule has 0 saturated carbocycles. The first-order chi connectivity index (χ1) is 13.3. The number of carboxylic acids is 1. The van der Waals surface area contributed by atoms with Crippen LogP contribution in [0.3, 0.4) is 0 Å². The van der Waals surface area contributed by atoms with Crippen LogP contribution in [0, 0.1) is 0 Å². The Morgan fingerprint density at radius 1 is 1.04 bits per heavy atom. The van der Waals surface area contributed by atoms with Crippen LogP contribution in [0.4, 0.5) is 0 Å². The van der Waals surface area contributed by atoms with Gasteiger partial charge in [0, 0.05) is 11.1 Å². The summed E-state index contributed by atoms with van der Waals surface area (Å²) in [5.74, 6) is -0.138. The van der Waals surface area contributed by atoms with Gasteiger partial charge in [0.2, 0.25) is 0 Å². The molecular weight excluding hydrogens is 362 g/mol. The fourth-order valence-corrected chi connectivity index (χ4v) is 2.76. The molecule has 0 heterocycles. The largest absolute Gasteiger partial charge is 0.496 e. The standard InChI is InChI=1S/C21H25NO6/c1-5-27-18-12-14(10-11-17(18)28-13-19(23)24)20(25)22-21(2,3)15-8-6-7-9-16(15)26-4/h6-12H,5,13H2,1-4H3,(H,22,25)(H,23,24). The van der Waals surface area contributed by atoms with Crippen molar-refractivity contribution < 1.29 is 28.9 Å². The predicted octanol–water partition coefficient (Wildman–Crippen LogP) is 3.22. The molecule has 7 nitrogen and oxygen atoms in total. The van der Waals surface area contributed by atoms with E-state index >= 15 is 0 Å². The van der Waals surface area contributed by atoms with Crippen LogP contribution in [-0.4, -0.2) is 37.3 Å². The number of amides is 1. The first kappa shape index (κ1) is 21.1. The molecule has 1 amide bonds. The van der Waals surface area contributed by atoms with Gasteiger partial charge in [0.05, 0.1) is 19.3 Å². The van der Waals surface area contributed by atoms with Gasteiger partial charge < -0.3 is 24.6 Å². The molecule has 2 aromatic rings. The number of aliphatic carboxylic acids is 1. The van der Waals surface area contributed by atoms with Crippen LogP contribution >= 0.6 is 0 Å². The lowest BCUT2D eigenvalue weighted by atomic mass is 9.93. The van der Waals surface area contributed by atoms with Gasteiger partial charge in [-0.25, -0.2) is 4.79 Å². The van der Waals surface area contributed by atoms with Crippen molar-refractivity contribution in [3.05, 3.63) is 53.6 Å². The molecule has 0 aromatic heterocycles. The Morgan fingerprint density at radius 3 is 2.39 bits per heavy atom. The number of hydrogen-bond acceptors (Lipinski definition) is 5. The summed E-state index contributed by atoms with van der Waals surface area (Å²) in [6.07, 6.45) is 0. The van der Waals surface area contributed by atoms with Gasteiger partial charge in [-0.1, -0.05) is 18.2 Å². The fourth-order valence-electron chi connectivity index (χ4n) is 2.76. The number of methoxy groups -OCH3 is 1. The monoisotopic (exact) mass is 387 g/mol. The summed E-state index contributed by atoms with van der Waals surface area (Å²) < 4.78 is 16.1. The molecule has 0 saturated heterocycles. The normalized spacial score (nSPS) is 10.9. The van der Waals surface area contributed by atoms with Crippen molar-refractivity contribution in [3.63, 3.8) is 0 Å². The van der Waals surface area contributed by atoms with Gasteiger partial charge in [-0.2, -0.15) is 0 Å². The fraction of sp³-hybridized carbons (Fsp3) is 0.333. The number of carboxylic acid groups (broad SMARTS) is 1. The van der Waals surface area contributed by atoms with E-state index in [0.29, 0.717) is 23.7 Å². The molecule has 0 bridgehead atoms. The van der Waals surface area contributed by atoms with Crippen LogP contribution in [-0.2, 0) is 10.3 Å². The minimum absolute atomic E-state index is 0.268. The summed E-state index contributed by atoms with van der Waals surface area (Å²) in [6, 6.07) is 12.1. The van der Waals surface area contributed by atoms with Crippen LogP contribution in [0.15, 0.2) is 42.5 Å². The molecule has 2 rings (SSSR count). The summed E-state index contributed by atoms with van der Waals surface area (Å²) in [6.45, 7) is 5.42. The van der Waals surface area contributed by atoms with Gasteiger partial charge in [0.25, 0.3) is 5.91 Å². The molecule has 2 N–H and O–H groups in total. The molecule has 28 heavy (non-hydrogen) atoms. The van der Waals surface area contributed by atoms with E-state index in [1.165, 1.54) is 12.1 Å². The van der Waals surface area contributed by atoms with E-state index in [0.717, 1.165) is 5.56 Å². The molecule has 7 heteroatoms. The van der Waals surface area contributed by atoms with Crippen molar-refractivity contribution in [2.45, 2.75) is 26.3 Å². The Hall–Kier alpha value is -3.22. The van der Waals surface area contributed by atoms with Crippen molar-refractivity contribution in [2.75, 3.05) is 20.3 Å². The van der Waals surface area contributed by atoms with E-state index in [1.54, 1.807) is 20.1 Å². The number of carbonyl (C=O) groups excluding carboxylic acids is 1. The third-order valence-electron chi connectivity index (χ3n) is 4.06. The average molecular weight is 387 g/mol. The van der Waals surface area contributed by atoms with E-state index in [1.807, 2.05) is 38.1 Å². The zero-order valence-corrected chi connectivity index (χ0v) is 16.4. The van der Waals surface area contributed by atoms with E-state index in [2.05, 4.69) is 5.32 Å². The molecule has 0 aliphatic rings. The molecular formula is C21H25NO6. The van der Waals surface area contributed by atoms with Gasteiger partial charge in [-0.3, -0.25) is 4.79 Å². The summed E-state index contributed by atoms with van der Waals surface area (Å²) >= 11 is 0. The quantitative estimate of drug-likeness (QED) is 0.686. The van der Waals surface area contributed by atoms with Crippen LogP contribution in [0.25, 0.3) is 0 Å². The highest BCUT2D eigenvalue weighted by Gasteiger charge is 2.27. The Kier molecular flexibility index (Phi) is 6.87. The van der Waals surface area contributed by atoms with Crippen LogP contribution in [0.5, 0.6) is 17.2 Å². The lowest BCUT2D eigenvalue weighted by Crippen LogP contribution is -2.41. The van der Waals surface area contributed by atoms with Crippen molar-refractivity contribution in [2.24, 2.45) is 0 Å². The van der Waals surface area contributed by atoms with Crippen molar-refractivity contribution >= 4 is 11.9 Å². The second-order valence-electron chi connectivity index (χ2n) is 6.56. The van der Waals surface area contributed by atoms with Crippen molar-refractivity contribution in [1.29, 1.82) is 0 Å². The van der Waals surface area contributed by atoms with Gasteiger partial charge in [-0.05, 0) is 45.0 Å². The lowest BCUT2D eigenvalue weighted by molar-refractivity contribution is -0.139. The van der Waals surface area contributed by atoms with Crippen molar-refractivity contribution in [3.8, 4) is 17.2 Å². The Bertz CT molecular complexity index is 847. The minimum atomic E-state index is -1.09. The first-order valence-corrected chi connectivity index (χ1v) is 8.86. The molecule has 0 aliphatic heterocycles.